The number of nitrogens with one attached hydrogen (secondary N) is 1. The molecule has 0 atom stereocenters. The first-order valence-electron chi connectivity index (χ1n) is 5.19. The van der Waals surface area contributed by atoms with Crippen LogP contribution in [0.3, 0.4) is 0 Å². The van der Waals surface area contributed by atoms with E-state index in [1.807, 2.05) is 6.92 Å². The van der Waals surface area contributed by atoms with E-state index in [4.69, 9.17) is 24.4 Å². The van der Waals surface area contributed by atoms with Gasteiger partial charge >= 0.3 is 0 Å². The van der Waals surface area contributed by atoms with Crippen molar-refractivity contribution in [1.29, 1.82) is 5.41 Å². The normalized spacial score (nSPS) is 9.65. The van der Waals surface area contributed by atoms with Gasteiger partial charge in [-0.25, -0.2) is 0 Å². The second-order valence-electron chi connectivity index (χ2n) is 3.17. The molecule has 5 nitrogen and oxygen atoms in total. The van der Waals surface area contributed by atoms with Crippen LogP contribution < -0.4 is 14.2 Å². The summed E-state index contributed by atoms with van der Waals surface area (Å²) in [6, 6.07) is 3.33. The zero-order valence-electron chi connectivity index (χ0n) is 10.5. The van der Waals surface area contributed by atoms with Crippen molar-refractivity contribution in [3.8, 4) is 17.2 Å². The van der Waals surface area contributed by atoms with Crippen molar-refractivity contribution in [2.24, 2.45) is 0 Å². The Kier molecular flexibility index (Phi) is 4.63. The summed E-state index contributed by atoms with van der Waals surface area (Å²) in [6.45, 7) is 2.25. The molecule has 0 aliphatic heterocycles. The monoisotopic (exact) mass is 239 g/mol. The van der Waals surface area contributed by atoms with Crippen LogP contribution in [0.2, 0.25) is 0 Å². The molecule has 1 aromatic rings. The van der Waals surface area contributed by atoms with E-state index in [0.29, 0.717) is 29.4 Å². The second kappa shape index (κ2) is 5.98. The molecule has 0 aliphatic rings. The summed E-state index contributed by atoms with van der Waals surface area (Å²) in [4.78, 5) is 0. The lowest BCUT2D eigenvalue weighted by Gasteiger charge is -2.14. The molecule has 0 saturated heterocycles. The molecule has 0 heterocycles. The van der Waals surface area contributed by atoms with Crippen LogP contribution in [0.5, 0.6) is 17.2 Å². The zero-order valence-corrected chi connectivity index (χ0v) is 10.5. The Morgan fingerprint density at radius 3 is 2.00 bits per heavy atom. The summed E-state index contributed by atoms with van der Waals surface area (Å²) < 4.78 is 20.7. The molecule has 0 fully saturated rings. The molecule has 0 unspecified atom stereocenters. The number of methoxy groups -OCH3 is 3. The molecular weight excluding hydrogens is 222 g/mol. The summed E-state index contributed by atoms with van der Waals surface area (Å²) in [6.07, 6.45) is 0. The smallest absolute Gasteiger partial charge is 0.217 e. The van der Waals surface area contributed by atoms with Crippen molar-refractivity contribution in [2.75, 3.05) is 27.9 Å². The van der Waals surface area contributed by atoms with Crippen LogP contribution in [0, 0.1) is 5.41 Å². The molecule has 17 heavy (non-hydrogen) atoms. The van der Waals surface area contributed by atoms with Crippen LogP contribution in [-0.4, -0.2) is 33.8 Å². The fourth-order valence-electron chi connectivity index (χ4n) is 1.43. The third-order valence-electron chi connectivity index (χ3n) is 2.24. The Balaban J connectivity index is 3.23. The highest BCUT2D eigenvalue weighted by atomic mass is 16.5. The predicted molar refractivity (Wildman–Crippen MR) is 64.6 cm³/mol. The maximum absolute atomic E-state index is 7.77. The predicted octanol–water partition coefficient (Wildman–Crippen LogP) is 2.07. The first-order valence-corrected chi connectivity index (χ1v) is 5.19. The van der Waals surface area contributed by atoms with Crippen molar-refractivity contribution < 1.29 is 18.9 Å². The van der Waals surface area contributed by atoms with Crippen molar-refractivity contribution in [3.63, 3.8) is 0 Å². The summed E-state index contributed by atoms with van der Waals surface area (Å²) in [5.74, 6) is 1.65. The van der Waals surface area contributed by atoms with Gasteiger partial charge in [0.05, 0.1) is 33.5 Å². The Morgan fingerprint density at radius 1 is 1.00 bits per heavy atom. The summed E-state index contributed by atoms with van der Waals surface area (Å²) in [7, 11) is 4.62. The van der Waals surface area contributed by atoms with Crippen LogP contribution >= 0.6 is 0 Å². The molecule has 1 rings (SSSR count). The number of rotatable bonds is 5. The van der Waals surface area contributed by atoms with E-state index >= 15 is 0 Å². The lowest BCUT2D eigenvalue weighted by Crippen LogP contribution is -2.07. The Morgan fingerprint density at radius 2 is 1.53 bits per heavy atom. The average molecular weight is 239 g/mol. The number of ether oxygens (including phenoxy) is 4. The van der Waals surface area contributed by atoms with Crippen molar-refractivity contribution >= 4 is 5.90 Å². The zero-order chi connectivity index (χ0) is 12.8. The van der Waals surface area contributed by atoms with Crippen LogP contribution in [0.25, 0.3) is 0 Å². The van der Waals surface area contributed by atoms with Crippen molar-refractivity contribution in [3.05, 3.63) is 17.7 Å². The first-order chi connectivity index (χ1) is 8.17. The van der Waals surface area contributed by atoms with Crippen LogP contribution in [-0.2, 0) is 4.74 Å². The third kappa shape index (κ3) is 2.81. The lowest BCUT2D eigenvalue weighted by molar-refractivity contribution is 0.320. The summed E-state index contributed by atoms with van der Waals surface area (Å²) >= 11 is 0. The van der Waals surface area contributed by atoms with E-state index in [9.17, 15) is 0 Å². The molecule has 0 radical (unpaired) electrons. The van der Waals surface area contributed by atoms with Gasteiger partial charge in [0, 0.05) is 12.1 Å². The molecule has 0 aliphatic carbocycles. The van der Waals surface area contributed by atoms with E-state index in [0.717, 1.165) is 0 Å². The minimum absolute atomic E-state index is 0.0466. The van der Waals surface area contributed by atoms with Gasteiger partial charge in [0.25, 0.3) is 0 Å². The summed E-state index contributed by atoms with van der Waals surface area (Å²) in [5, 5.41) is 7.77. The lowest BCUT2D eigenvalue weighted by atomic mass is 10.1. The average Bonchev–Trinajstić information content (AvgIpc) is 2.37. The van der Waals surface area contributed by atoms with E-state index in [2.05, 4.69) is 0 Å². The number of hydrogen-bond donors (Lipinski definition) is 1. The van der Waals surface area contributed by atoms with Gasteiger partial charge < -0.3 is 18.9 Å². The van der Waals surface area contributed by atoms with Gasteiger partial charge in [-0.05, 0) is 6.92 Å². The Hall–Kier alpha value is -1.91. The van der Waals surface area contributed by atoms with Gasteiger partial charge in [-0.2, -0.15) is 0 Å². The Bertz CT molecular complexity index is 404. The highest BCUT2D eigenvalue weighted by Crippen LogP contribution is 2.34. The SMILES string of the molecule is CCOC(=N)c1cc(OC)c(OC)cc1OC. The van der Waals surface area contributed by atoms with Crippen molar-refractivity contribution in [1.82, 2.24) is 0 Å². The fourth-order valence-corrected chi connectivity index (χ4v) is 1.43. The molecular formula is C12H17NO4. The molecule has 0 spiro atoms. The van der Waals surface area contributed by atoms with E-state index in [1.54, 1.807) is 26.4 Å². The minimum Gasteiger partial charge on any atom is -0.496 e. The van der Waals surface area contributed by atoms with Gasteiger partial charge in [-0.3, -0.25) is 5.41 Å². The molecule has 1 N–H and O–H groups in total. The molecule has 1 aromatic carbocycles. The van der Waals surface area contributed by atoms with Crippen LogP contribution in [0.4, 0.5) is 0 Å². The molecule has 5 heteroatoms. The van der Waals surface area contributed by atoms with Gasteiger partial charge in [-0.15, -0.1) is 0 Å². The van der Waals surface area contributed by atoms with Crippen LogP contribution in [0.1, 0.15) is 12.5 Å². The van der Waals surface area contributed by atoms with E-state index in [-0.39, 0.29) is 5.90 Å². The number of hydrogen-bond acceptors (Lipinski definition) is 5. The van der Waals surface area contributed by atoms with Gasteiger partial charge in [-0.1, -0.05) is 0 Å². The molecule has 0 aromatic heterocycles. The maximum atomic E-state index is 7.77. The second-order valence-corrected chi connectivity index (χ2v) is 3.17. The fraction of sp³-hybridized carbons (Fsp3) is 0.417. The van der Waals surface area contributed by atoms with Crippen LogP contribution in [0.15, 0.2) is 12.1 Å². The first kappa shape index (κ1) is 13.2. The third-order valence-corrected chi connectivity index (χ3v) is 2.24. The topological polar surface area (TPSA) is 60.8 Å². The maximum Gasteiger partial charge on any atom is 0.217 e. The van der Waals surface area contributed by atoms with Gasteiger partial charge in [0.15, 0.2) is 11.5 Å². The van der Waals surface area contributed by atoms with Gasteiger partial charge in [0.1, 0.15) is 5.75 Å². The highest BCUT2D eigenvalue weighted by molar-refractivity contribution is 5.95. The van der Waals surface area contributed by atoms with Gasteiger partial charge in [0.2, 0.25) is 5.90 Å². The molecule has 0 amide bonds. The Labute approximate surface area is 101 Å². The standard InChI is InChI=1S/C12H17NO4/c1-5-17-12(13)8-6-10(15-3)11(16-4)7-9(8)14-2/h6-7,13H,5H2,1-4H3. The summed E-state index contributed by atoms with van der Waals surface area (Å²) in [5.41, 5.74) is 0.534. The molecule has 0 bridgehead atoms. The molecule has 0 saturated carbocycles. The van der Waals surface area contributed by atoms with E-state index < -0.39 is 0 Å². The van der Waals surface area contributed by atoms with Crippen molar-refractivity contribution in [2.45, 2.75) is 6.92 Å². The number of benzene rings is 1. The largest absolute Gasteiger partial charge is 0.496 e. The molecule has 94 valence electrons. The highest BCUT2D eigenvalue weighted by Gasteiger charge is 2.15. The quantitative estimate of drug-likeness (QED) is 0.631. The minimum atomic E-state index is 0.0466. The van der Waals surface area contributed by atoms with E-state index in [1.165, 1.54) is 7.11 Å².